The molecule has 1 amide bonds. The second-order valence-electron chi connectivity index (χ2n) is 5.96. The second kappa shape index (κ2) is 7.38. The molecule has 0 saturated carbocycles. The van der Waals surface area contributed by atoms with Crippen LogP contribution in [0.4, 0.5) is 5.82 Å². The number of esters is 1. The molecule has 1 saturated heterocycles. The molecule has 2 aromatic heterocycles. The Morgan fingerprint density at radius 2 is 1.96 bits per heavy atom. The summed E-state index contributed by atoms with van der Waals surface area (Å²) in [5.74, 6) is 1.33. The van der Waals surface area contributed by atoms with Gasteiger partial charge in [0.25, 0.3) is 5.91 Å². The molecule has 3 heterocycles. The molecule has 7 heteroatoms. The normalized spacial score (nSPS) is 14.5. The maximum absolute atomic E-state index is 12.3. The van der Waals surface area contributed by atoms with Gasteiger partial charge in [-0.1, -0.05) is 6.07 Å². The number of aromatic nitrogens is 1. The van der Waals surface area contributed by atoms with Gasteiger partial charge in [-0.3, -0.25) is 4.79 Å². The highest BCUT2D eigenvalue weighted by Gasteiger charge is 2.23. The minimum atomic E-state index is -0.533. The number of ether oxygens (including phenoxy) is 1. The molecule has 0 atom stereocenters. The zero-order valence-electron chi connectivity index (χ0n) is 14.4. The lowest BCUT2D eigenvalue weighted by Crippen LogP contribution is -2.50. The number of pyridine rings is 1. The van der Waals surface area contributed by atoms with E-state index in [0.29, 0.717) is 43.3 Å². The van der Waals surface area contributed by atoms with E-state index in [2.05, 4.69) is 9.88 Å². The first-order valence-corrected chi connectivity index (χ1v) is 8.22. The van der Waals surface area contributed by atoms with Crippen LogP contribution in [-0.2, 0) is 9.53 Å². The van der Waals surface area contributed by atoms with Gasteiger partial charge >= 0.3 is 5.97 Å². The number of rotatable bonds is 4. The minimum Gasteiger partial charge on any atom is -0.466 e. The fourth-order valence-corrected chi connectivity index (χ4v) is 2.86. The Kier molecular flexibility index (Phi) is 5.02. The molecule has 0 unspecified atom stereocenters. The summed E-state index contributed by atoms with van der Waals surface area (Å²) < 4.78 is 10.4. The average molecular weight is 343 g/mol. The van der Waals surface area contributed by atoms with Gasteiger partial charge in [-0.05, 0) is 32.0 Å². The van der Waals surface area contributed by atoms with Crippen molar-refractivity contribution in [1.29, 1.82) is 0 Å². The molecule has 0 radical (unpaired) electrons. The van der Waals surface area contributed by atoms with Crippen LogP contribution >= 0.6 is 0 Å². The van der Waals surface area contributed by atoms with Crippen LogP contribution in [0.2, 0.25) is 0 Å². The number of furan rings is 1. The van der Waals surface area contributed by atoms with Crippen LogP contribution in [-0.4, -0.2) is 54.5 Å². The van der Waals surface area contributed by atoms with Crippen molar-refractivity contribution < 1.29 is 18.7 Å². The van der Waals surface area contributed by atoms with Crippen molar-refractivity contribution in [3.63, 3.8) is 0 Å². The zero-order chi connectivity index (χ0) is 17.8. The maximum Gasteiger partial charge on any atom is 0.342 e. The molecule has 2 aromatic rings. The van der Waals surface area contributed by atoms with Gasteiger partial charge in [0.05, 0.1) is 0 Å². The first-order chi connectivity index (χ1) is 12.0. The van der Waals surface area contributed by atoms with Crippen LogP contribution in [0.5, 0.6) is 0 Å². The molecule has 0 spiro atoms. The molecular weight excluding hydrogens is 322 g/mol. The molecular formula is C18H21N3O4. The van der Waals surface area contributed by atoms with E-state index in [-0.39, 0.29) is 12.5 Å². The Balaban J connectivity index is 1.48. The molecule has 132 valence electrons. The van der Waals surface area contributed by atoms with Crippen molar-refractivity contribution in [1.82, 2.24) is 9.88 Å². The lowest BCUT2D eigenvalue weighted by molar-refractivity contribution is -0.134. The molecule has 0 N–H and O–H groups in total. The van der Waals surface area contributed by atoms with Gasteiger partial charge < -0.3 is 19.0 Å². The van der Waals surface area contributed by atoms with Gasteiger partial charge in [-0.15, -0.1) is 0 Å². The van der Waals surface area contributed by atoms with E-state index in [1.165, 1.54) is 0 Å². The van der Waals surface area contributed by atoms with E-state index in [1.54, 1.807) is 31.0 Å². The van der Waals surface area contributed by atoms with Gasteiger partial charge in [-0.2, -0.15) is 0 Å². The van der Waals surface area contributed by atoms with Crippen LogP contribution in [0, 0.1) is 13.8 Å². The smallest absolute Gasteiger partial charge is 0.342 e. The summed E-state index contributed by atoms with van der Waals surface area (Å²) in [5, 5.41) is 0. The molecule has 3 rings (SSSR count). The summed E-state index contributed by atoms with van der Waals surface area (Å²) in [6.07, 6.45) is 1.76. The van der Waals surface area contributed by atoms with Crippen molar-refractivity contribution in [2.45, 2.75) is 13.8 Å². The lowest BCUT2D eigenvalue weighted by atomic mass is 10.2. The number of hydrogen-bond donors (Lipinski definition) is 0. The van der Waals surface area contributed by atoms with E-state index < -0.39 is 5.97 Å². The number of carbonyl (C=O) groups is 2. The van der Waals surface area contributed by atoms with Crippen LogP contribution < -0.4 is 4.90 Å². The predicted molar refractivity (Wildman–Crippen MR) is 91.5 cm³/mol. The number of amides is 1. The Bertz CT molecular complexity index is 749. The number of anilines is 1. The molecule has 1 fully saturated rings. The van der Waals surface area contributed by atoms with Gasteiger partial charge in [0.1, 0.15) is 22.9 Å². The summed E-state index contributed by atoms with van der Waals surface area (Å²) in [4.78, 5) is 32.5. The second-order valence-corrected chi connectivity index (χ2v) is 5.96. The van der Waals surface area contributed by atoms with Crippen LogP contribution in [0.3, 0.4) is 0 Å². The van der Waals surface area contributed by atoms with Crippen LogP contribution in [0.1, 0.15) is 21.9 Å². The zero-order valence-corrected chi connectivity index (χ0v) is 14.4. The van der Waals surface area contributed by atoms with E-state index >= 15 is 0 Å². The summed E-state index contributed by atoms with van der Waals surface area (Å²) in [6, 6.07) is 7.39. The Hall–Kier alpha value is -2.83. The molecule has 0 aromatic carbocycles. The number of nitrogens with zero attached hydrogens (tertiary/aromatic N) is 3. The van der Waals surface area contributed by atoms with Crippen molar-refractivity contribution in [3.8, 4) is 0 Å². The quantitative estimate of drug-likeness (QED) is 0.788. The SMILES string of the molecule is Cc1cc(C(=O)OCC(=O)N2CCN(c3ccccn3)CC2)c(C)o1. The predicted octanol–water partition coefficient (Wildman–Crippen LogP) is 1.80. The first-order valence-electron chi connectivity index (χ1n) is 8.22. The van der Waals surface area contributed by atoms with Crippen molar-refractivity contribution >= 4 is 17.7 Å². The molecule has 0 aliphatic carbocycles. The first kappa shape index (κ1) is 17.0. The van der Waals surface area contributed by atoms with Gasteiger partial charge in [0.15, 0.2) is 6.61 Å². The average Bonchev–Trinajstić information content (AvgIpc) is 2.98. The largest absolute Gasteiger partial charge is 0.466 e. The highest BCUT2D eigenvalue weighted by atomic mass is 16.5. The van der Waals surface area contributed by atoms with Gasteiger partial charge in [0, 0.05) is 32.4 Å². The molecule has 1 aliphatic rings. The third-order valence-corrected chi connectivity index (χ3v) is 4.19. The third-order valence-electron chi connectivity index (χ3n) is 4.19. The van der Waals surface area contributed by atoms with Gasteiger partial charge in [-0.25, -0.2) is 9.78 Å². The van der Waals surface area contributed by atoms with E-state index in [9.17, 15) is 9.59 Å². The number of aryl methyl sites for hydroxylation is 2. The topological polar surface area (TPSA) is 75.9 Å². The summed E-state index contributed by atoms with van der Waals surface area (Å²) in [5.41, 5.74) is 0.366. The van der Waals surface area contributed by atoms with Crippen molar-refractivity contribution in [2.75, 3.05) is 37.7 Å². The monoisotopic (exact) mass is 343 g/mol. The van der Waals surface area contributed by atoms with Crippen LogP contribution in [0.15, 0.2) is 34.9 Å². The molecule has 1 aliphatic heterocycles. The number of carbonyl (C=O) groups excluding carboxylic acids is 2. The molecule has 7 nitrogen and oxygen atoms in total. The van der Waals surface area contributed by atoms with E-state index in [0.717, 1.165) is 5.82 Å². The minimum absolute atomic E-state index is 0.188. The van der Waals surface area contributed by atoms with Crippen molar-refractivity contribution in [2.24, 2.45) is 0 Å². The molecule has 25 heavy (non-hydrogen) atoms. The maximum atomic E-state index is 12.3. The van der Waals surface area contributed by atoms with Gasteiger partial charge in [0.2, 0.25) is 0 Å². The third kappa shape index (κ3) is 3.99. The Morgan fingerprint density at radius 1 is 1.20 bits per heavy atom. The highest BCUT2D eigenvalue weighted by Crippen LogP contribution is 2.15. The van der Waals surface area contributed by atoms with E-state index in [4.69, 9.17) is 9.15 Å². The van der Waals surface area contributed by atoms with Crippen molar-refractivity contribution in [3.05, 3.63) is 47.5 Å². The fourth-order valence-electron chi connectivity index (χ4n) is 2.86. The number of hydrogen-bond acceptors (Lipinski definition) is 6. The standard InChI is InChI=1S/C18H21N3O4/c1-13-11-15(14(2)25-13)18(23)24-12-17(22)21-9-7-20(8-10-21)16-5-3-4-6-19-16/h3-6,11H,7-10,12H2,1-2H3. The Labute approximate surface area is 146 Å². The number of piperazine rings is 1. The summed E-state index contributed by atoms with van der Waals surface area (Å²) in [6.45, 7) is 5.77. The highest BCUT2D eigenvalue weighted by molar-refractivity contribution is 5.92. The van der Waals surface area contributed by atoms with Crippen LogP contribution in [0.25, 0.3) is 0 Å². The Morgan fingerprint density at radius 3 is 2.56 bits per heavy atom. The lowest BCUT2D eigenvalue weighted by Gasteiger charge is -2.35. The van der Waals surface area contributed by atoms with E-state index in [1.807, 2.05) is 18.2 Å². The molecule has 0 bridgehead atoms. The summed E-state index contributed by atoms with van der Waals surface area (Å²) in [7, 11) is 0. The fraction of sp³-hybridized carbons (Fsp3) is 0.389. The summed E-state index contributed by atoms with van der Waals surface area (Å²) >= 11 is 0.